The number of carboxylic acids is 1. The van der Waals surface area contributed by atoms with Crippen LogP contribution in [0.5, 0.6) is 0 Å². The Morgan fingerprint density at radius 3 is 2.06 bits per heavy atom. The van der Waals surface area contributed by atoms with E-state index in [0.29, 0.717) is 25.7 Å². The van der Waals surface area contributed by atoms with Crippen molar-refractivity contribution < 1.29 is 94.2 Å². The van der Waals surface area contributed by atoms with E-state index in [1.165, 1.54) is 5.57 Å². The third kappa shape index (κ3) is 7.73. The fraction of sp³-hybridized carbons (Fsp3) is 0.915. The number of carboxylic acid groups (broad SMARTS) is 1. The lowest BCUT2D eigenvalue weighted by atomic mass is 9.33. The van der Waals surface area contributed by atoms with Crippen molar-refractivity contribution in [2.24, 2.45) is 50.2 Å². The molecule has 0 spiro atoms. The van der Waals surface area contributed by atoms with Gasteiger partial charge in [0.25, 0.3) is 0 Å². The van der Waals surface area contributed by atoms with E-state index in [2.05, 4.69) is 33.8 Å². The fourth-order valence-corrected chi connectivity index (χ4v) is 14.7. The predicted octanol–water partition coefficient (Wildman–Crippen LogP) is -0.156. The summed E-state index contributed by atoms with van der Waals surface area (Å²) in [6.07, 6.45) is -14.4. The van der Waals surface area contributed by atoms with Gasteiger partial charge in [-0.15, -0.1) is 0 Å². The van der Waals surface area contributed by atoms with Crippen LogP contribution in [0.2, 0.25) is 0 Å². The summed E-state index contributed by atoms with van der Waals surface area (Å²) in [7, 11) is 0. The third-order valence-corrected chi connectivity index (χ3v) is 19.3. The maximum Gasteiger partial charge on any atom is 0.335 e. The first kappa shape index (κ1) is 50.5. The number of ether oxygens (including phenoxy) is 6. The van der Waals surface area contributed by atoms with Gasteiger partial charge in [-0.3, -0.25) is 4.79 Å². The number of carbonyl (C=O) groups is 2. The number of aliphatic carboxylic acids is 1. The van der Waals surface area contributed by atoms with Crippen molar-refractivity contribution in [1.82, 2.24) is 0 Å². The highest BCUT2D eigenvalue weighted by atomic mass is 16.8. The van der Waals surface area contributed by atoms with Gasteiger partial charge in [0.05, 0.1) is 31.3 Å². The topological polar surface area (TPSA) is 312 Å². The van der Waals surface area contributed by atoms with Crippen molar-refractivity contribution in [3.05, 3.63) is 11.6 Å². The Labute approximate surface area is 385 Å². The van der Waals surface area contributed by atoms with Crippen LogP contribution in [0.1, 0.15) is 106 Å². The van der Waals surface area contributed by atoms with E-state index in [-0.39, 0.29) is 46.0 Å². The van der Waals surface area contributed by atoms with Crippen LogP contribution in [0, 0.1) is 50.2 Å². The lowest BCUT2D eigenvalue weighted by Crippen LogP contribution is -2.67. The van der Waals surface area contributed by atoms with Gasteiger partial charge >= 0.3 is 11.9 Å². The number of hydrogen-bond donors (Lipinski definition) is 11. The molecule has 0 radical (unpaired) electrons. The van der Waals surface area contributed by atoms with Crippen LogP contribution in [0.25, 0.3) is 0 Å². The number of carbonyl (C=O) groups excluding carboxylic acids is 1. The molecule has 0 amide bonds. The van der Waals surface area contributed by atoms with Gasteiger partial charge in [0.15, 0.2) is 18.7 Å². The van der Waals surface area contributed by atoms with Gasteiger partial charge in [-0.25, -0.2) is 4.79 Å². The Balaban J connectivity index is 1.03. The summed E-state index contributed by atoms with van der Waals surface area (Å²) in [4.78, 5) is 26.4. The van der Waals surface area contributed by atoms with Crippen LogP contribution >= 0.6 is 0 Å². The molecule has 0 aromatic heterocycles. The molecule has 24 atom stereocenters. The van der Waals surface area contributed by atoms with Gasteiger partial charge in [-0.2, -0.15) is 0 Å². The second-order valence-corrected chi connectivity index (χ2v) is 22.8. The average Bonchev–Trinajstić information content (AvgIpc) is 3.27. The Hall–Kier alpha value is -1.92. The number of allylic oxidation sites excluding steroid dienone is 2. The monoisotopic (exact) mass is 942 g/mol. The molecule has 0 unspecified atom stereocenters. The molecule has 5 aliphatic carbocycles. The van der Waals surface area contributed by atoms with E-state index >= 15 is 0 Å². The SMILES string of the molecule is C[C@@]1(C(=O)O[C@@H]2O[C@H](CO)[C@@H](O)[C@H](O)[C@H]2O)CC[C@]2(C)CC[C@]3(C)C(=CC[C@@H]4[C@@]5(C)CC[C@H](O[C@@H]6O[C@H](C(=O)O)[C@@H](O)[C@H](O)[C@H]6O[C@@H]6OC[C@@H](O)[C@H](O)[C@H]6O)[C@](C)(CO)[C@@H]5CC[C@]43C)[C@@H]2C1. The summed E-state index contributed by atoms with van der Waals surface area (Å²) in [5.74, 6) is -2.02. The number of esters is 1. The minimum atomic E-state index is -1.96. The van der Waals surface area contributed by atoms with Crippen LogP contribution in [0.15, 0.2) is 11.6 Å². The summed E-state index contributed by atoms with van der Waals surface area (Å²) >= 11 is 0. The molecule has 0 aromatic rings. The van der Waals surface area contributed by atoms with Crippen molar-refractivity contribution in [3.63, 3.8) is 0 Å². The summed E-state index contributed by atoms with van der Waals surface area (Å²) in [5.41, 5.74) is -1.38. The van der Waals surface area contributed by atoms with Crippen LogP contribution in [0.4, 0.5) is 0 Å². The molecule has 3 saturated heterocycles. The van der Waals surface area contributed by atoms with Gasteiger partial charge < -0.3 is 84.6 Å². The van der Waals surface area contributed by atoms with Gasteiger partial charge in [0.1, 0.15) is 61.0 Å². The Morgan fingerprint density at radius 1 is 0.712 bits per heavy atom. The number of aliphatic hydroxyl groups excluding tert-OH is 10. The number of rotatable bonds is 9. The Kier molecular flexibility index (Phi) is 13.6. The van der Waals surface area contributed by atoms with Gasteiger partial charge in [0, 0.05) is 5.41 Å². The van der Waals surface area contributed by atoms with Crippen molar-refractivity contribution >= 4 is 11.9 Å². The average molecular weight is 943 g/mol. The normalized spacial score (nSPS) is 55.0. The molecule has 0 aromatic carbocycles. The third-order valence-electron chi connectivity index (χ3n) is 19.3. The zero-order valence-electron chi connectivity index (χ0n) is 38.8. The lowest BCUT2D eigenvalue weighted by molar-refractivity contribution is -0.367. The smallest absolute Gasteiger partial charge is 0.335 e. The molecular formula is C47H74O19. The van der Waals surface area contributed by atoms with Gasteiger partial charge in [-0.05, 0) is 111 Å². The first-order valence-electron chi connectivity index (χ1n) is 23.9. The molecule has 0 bridgehead atoms. The largest absolute Gasteiger partial charge is 0.479 e. The van der Waals surface area contributed by atoms with E-state index in [4.69, 9.17) is 28.4 Å². The van der Waals surface area contributed by atoms with Crippen LogP contribution < -0.4 is 0 Å². The van der Waals surface area contributed by atoms with Gasteiger partial charge in [0.2, 0.25) is 6.29 Å². The summed E-state index contributed by atoms with van der Waals surface area (Å²) in [6, 6.07) is 0. The molecule has 7 fully saturated rings. The molecule has 19 heteroatoms. The standard InChI is InChI=1S/C47H74O19/c1-42-13-14-43(2,41(60)66-39-34(57)30(53)29(52)24(18-48)62-39)17-22(42)21-7-8-26-44(3)11-10-27(45(4,20-49)25(44)9-12-47(26,6)46(21,5)16-15-42)63-40-36(32(55)31(54)35(64-40)37(58)59)65-38-33(56)28(51)23(50)19-61-38/h7,22-36,38-40,48-57H,8-20H2,1-6H3,(H,58,59)/t22-,23+,24+,25+,26+,27-,28-,29+,30-,31-,32-,33+,34+,35-,36+,38-,39-,40+,42+,43+,44-,45+,46+,47+/m0/s1. The zero-order valence-corrected chi connectivity index (χ0v) is 38.8. The molecule has 8 rings (SSSR count). The van der Waals surface area contributed by atoms with Gasteiger partial charge in [-0.1, -0.05) is 46.3 Å². The maximum atomic E-state index is 14.1. The minimum Gasteiger partial charge on any atom is -0.479 e. The fourth-order valence-electron chi connectivity index (χ4n) is 14.7. The van der Waals surface area contributed by atoms with Crippen LogP contribution in [-0.4, -0.2) is 180 Å². The maximum absolute atomic E-state index is 14.1. The Bertz CT molecular complexity index is 1850. The molecule has 3 aliphatic heterocycles. The van der Waals surface area contributed by atoms with Crippen molar-refractivity contribution in [3.8, 4) is 0 Å². The predicted molar refractivity (Wildman–Crippen MR) is 226 cm³/mol. The molecule has 376 valence electrons. The highest BCUT2D eigenvalue weighted by Crippen LogP contribution is 2.76. The molecule has 11 N–H and O–H groups in total. The number of hydrogen-bond acceptors (Lipinski definition) is 18. The lowest BCUT2D eigenvalue weighted by Gasteiger charge is -2.71. The molecule has 19 nitrogen and oxygen atoms in total. The molecule has 66 heavy (non-hydrogen) atoms. The van der Waals surface area contributed by atoms with Crippen molar-refractivity contribution in [1.29, 1.82) is 0 Å². The molecule has 3 heterocycles. The zero-order chi connectivity index (χ0) is 48.3. The van der Waals surface area contributed by atoms with E-state index < -0.39 is 128 Å². The summed E-state index contributed by atoms with van der Waals surface area (Å²) in [6.45, 7) is 11.9. The highest BCUT2D eigenvalue weighted by Gasteiger charge is 2.69. The second kappa shape index (κ2) is 17.7. The second-order valence-electron chi connectivity index (χ2n) is 22.8. The Morgan fingerprint density at radius 2 is 1.39 bits per heavy atom. The van der Waals surface area contributed by atoms with Crippen LogP contribution in [-0.2, 0) is 38.0 Å². The quantitative estimate of drug-likeness (QED) is 0.0813. The molecular weight excluding hydrogens is 868 g/mol. The van der Waals surface area contributed by atoms with E-state index in [0.717, 1.165) is 38.5 Å². The first-order valence-corrected chi connectivity index (χ1v) is 23.9. The highest BCUT2D eigenvalue weighted by molar-refractivity contribution is 5.77. The summed E-state index contributed by atoms with van der Waals surface area (Å²) < 4.78 is 35.1. The van der Waals surface area contributed by atoms with Crippen molar-refractivity contribution in [2.75, 3.05) is 19.8 Å². The number of fused-ring (bicyclic) bond motifs is 7. The molecule has 8 aliphatic rings. The molecule has 4 saturated carbocycles. The van der Waals surface area contributed by atoms with E-state index in [9.17, 15) is 65.8 Å². The number of aliphatic hydroxyl groups is 10. The minimum absolute atomic E-state index is 0.0371. The summed E-state index contributed by atoms with van der Waals surface area (Å²) in [5, 5.41) is 116. The van der Waals surface area contributed by atoms with E-state index in [1.807, 2.05) is 13.8 Å². The van der Waals surface area contributed by atoms with E-state index in [1.54, 1.807) is 0 Å². The first-order chi connectivity index (χ1) is 30.8. The van der Waals surface area contributed by atoms with Crippen molar-refractivity contribution in [2.45, 2.75) is 198 Å². The van der Waals surface area contributed by atoms with Crippen LogP contribution in [0.3, 0.4) is 0 Å².